The number of hydrogen-bond donors (Lipinski definition) is 5. The maximum atomic E-state index is 9.28. The Kier molecular flexibility index (Phi) is 3.39. The fourth-order valence-electron chi connectivity index (χ4n) is 1.16. The van der Waals surface area contributed by atoms with Crippen molar-refractivity contribution < 1.29 is 25.3 Å². The molecule has 1 aliphatic heterocycles. The van der Waals surface area contributed by atoms with Crippen molar-refractivity contribution in [3.8, 4) is 0 Å². The second kappa shape index (κ2) is 4.13. The van der Waals surface area contributed by atoms with Gasteiger partial charge in [0.2, 0.25) is 0 Å². The van der Waals surface area contributed by atoms with Crippen molar-refractivity contribution in [2.45, 2.75) is 24.4 Å². The highest BCUT2D eigenvalue weighted by Crippen LogP contribution is 2.14. The van der Waals surface area contributed by atoms with Gasteiger partial charge >= 0.3 is 0 Å². The fraction of sp³-hybridized carbons (Fsp3) is 1.00. The molecule has 1 rings (SSSR count). The van der Waals surface area contributed by atoms with Crippen molar-refractivity contribution >= 4 is 0 Å². The van der Waals surface area contributed by atoms with E-state index in [2.05, 4.69) is 0 Å². The zero-order chi connectivity index (χ0) is 9.14. The zero-order valence-electron chi connectivity index (χ0n) is 6.42. The minimum atomic E-state index is -1.17. The van der Waals surface area contributed by atoms with E-state index in [0.29, 0.717) is 0 Å². The van der Waals surface area contributed by atoms with Gasteiger partial charge in [0.25, 0.3) is 0 Å². The molecule has 0 aromatic heterocycles. The molecular weight excluding hydrogens is 166 g/mol. The zero-order valence-corrected chi connectivity index (χ0v) is 6.42. The first-order valence-corrected chi connectivity index (χ1v) is 3.69. The lowest BCUT2D eigenvalue weighted by Crippen LogP contribution is -2.58. The Hall–Kier alpha value is -0.240. The van der Waals surface area contributed by atoms with Crippen LogP contribution >= 0.6 is 0 Å². The second-order valence-electron chi connectivity index (χ2n) is 2.77. The summed E-state index contributed by atoms with van der Waals surface area (Å²) in [5, 5.41) is 35.7. The minimum Gasteiger partial charge on any atom is -0.394 e. The Balaban J connectivity index is 2.52. The second-order valence-corrected chi connectivity index (χ2v) is 2.77. The average molecular weight is 179 g/mol. The van der Waals surface area contributed by atoms with Gasteiger partial charge in [-0.05, 0) is 0 Å². The van der Waals surface area contributed by atoms with Gasteiger partial charge in [-0.1, -0.05) is 0 Å². The van der Waals surface area contributed by atoms with E-state index < -0.39 is 24.4 Å². The first kappa shape index (κ1) is 9.85. The van der Waals surface area contributed by atoms with Crippen LogP contribution < -0.4 is 5.48 Å². The third-order valence-corrected chi connectivity index (χ3v) is 1.98. The van der Waals surface area contributed by atoms with Crippen LogP contribution in [0.4, 0.5) is 0 Å². The molecule has 1 heterocycles. The normalized spacial score (nSPS) is 43.0. The largest absolute Gasteiger partial charge is 0.394 e. The van der Waals surface area contributed by atoms with Crippen molar-refractivity contribution in [3.63, 3.8) is 0 Å². The van der Waals surface area contributed by atoms with E-state index in [1.54, 1.807) is 0 Å². The third-order valence-electron chi connectivity index (χ3n) is 1.98. The first-order chi connectivity index (χ1) is 5.70. The summed E-state index contributed by atoms with van der Waals surface area (Å²) >= 11 is 0. The van der Waals surface area contributed by atoms with E-state index >= 15 is 0 Å². The molecule has 3 unspecified atom stereocenters. The molecule has 6 nitrogen and oxygen atoms in total. The summed E-state index contributed by atoms with van der Waals surface area (Å²) < 4.78 is 4.93. The Morgan fingerprint density at radius 1 is 1.33 bits per heavy atom. The van der Waals surface area contributed by atoms with E-state index in [0.717, 1.165) is 0 Å². The van der Waals surface area contributed by atoms with Crippen LogP contribution in [0.1, 0.15) is 0 Å². The van der Waals surface area contributed by atoms with Crippen LogP contribution in [0, 0.1) is 0 Å². The summed E-state index contributed by atoms with van der Waals surface area (Å²) in [6.07, 6.45) is -3.07. The predicted octanol–water partition coefficient (Wildman–Crippen LogP) is -2.55. The molecule has 0 aromatic carbocycles. The van der Waals surface area contributed by atoms with E-state index in [4.69, 9.17) is 15.1 Å². The standard InChI is InChI=1S/C6H13NO5/c8-1-4-6(10)5(9)3(7-11)2-12-4/h3-11H,1-2H2/t3?,4?,5?,6-/m1/s1. The van der Waals surface area contributed by atoms with Crippen molar-refractivity contribution in [1.82, 2.24) is 5.48 Å². The molecule has 1 saturated heterocycles. The highest BCUT2D eigenvalue weighted by molar-refractivity contribution is 4.88. The van der Waals surface area contributed by atoms with Crippen LogP contribution in [0.15, 0.2) is 0 Å². The van der Waals surface area contributed by atoms with E-state index in [1.807, 2.05) is 5.48 Å². The highest BCUT2D eigenvalue weighted by Gasteiger charge is 2.37. The van der Waals surface area contributed by atoms with Crippen LogP contribution in [0.2, 0.25) is 0 Å². The van der Waals surface area contributed by atoms with Crippen molar-refractivity contribution in [2.24, 2.45) is 0 Å². The average Bonchev–Trinajstić information content (AvgIpc) is 2.10. The lowest BCUT2D eigenvalue weighted by atomic mass is 9.99. The molecule has 72 valence electrons. The summed E-state index contributed by atoms with van der Waals surface area (Å²) in [6, 6.07) is -0.706. The van der Waals surface area contributed by atoms with Crippen LogP contribution in [0.3, 0.4) is 0 Å². The molecular formula is C6H13NO5. The van der Waals surface area contributed by atoms with Gasteiger partial charge < -0.3 is 25.3 Å². The monoisotopic (exact) mass is 179 g/mol. The molecule has 0 saturated carbocycles. The molecule has 1 aliphatic rings. The van der Waals surface area contributed by atoms with Gasteiger partial charge in [0.1, 0.15) is 18.3 Å². The topological polar surface area (TPSA) is 102 Å². The van der Waals surface area contributed by atoms with Gasteiger partial charge in [-0.3, -0.25) is 0 Å². The predicted molar refractivity (Wildman–Crippen MR) is 37.5 cm³/mol. The summed E-state index contributed by atoms with van der Waals surface area (Å²) in [5.41, 5.74) is 1.81. The number of aliphatic hydroxyl groups is 3. The van der Waals surface area contributed by atoms with Gasteiger partial charge in [-0.2, -0.15) is 5.48 Å². The molecule has 0 aromatic rings. The van der Waals surface area contributed by atoms with Crippen molar-refractivity contribution in [1.29, 1.82) is 0 Å². The van der Waals surface area contributed by atoms with Crippen LogP contribution in [-0.2, 0) is 4.74 Å². The summed E-state index contributed by atoms with van der Waals surface area (Å²) in [4.78, 5) is 0. The quantitative estimate of drug-likeness (QED) is 0.299. The summed E-state index contributed by atoms with van der Waals surface area (Å²) in [7, 11) is 0. The van der Waals surface area contributed by atoms with Gasteiger partial charge in [-0.25, -0.2) is 0 Å². The molecule has 4 atom stereocenters. The molecule has 1 fully saturated rings. The molecule has 6 heteroatoms. The first-order valence-electron chi connectivity index (χ1n) is 3.69. The van der Waals surface area contributed by atoms with Gasteiger partial charge in [0.15, 0.2) is 0 Å². The maximum Gasteiger partial charge on any atom is 0.110 e. The molecule has 0 bridgehead atoms. The SMILES string of the molecule is OCC1OCC(NO)C(O)[C@@H]1O. The molecule has 0 spiro atoms. The summed E-state index contributed by atoms with van der Waals surface area (Å²) in [5.74, 6) is 0. The number of hydroxylamine groups is 1. The summed E-state index contributed by atoms with van der Waals surface area (Å²) in [6.45, 7) is -0.295. The van der Waals surface area contributed by atoms with Crippen LogP contribution in [-0.4, -0.2) is 58.1 Å². The Morgan fingerprint density at radius 3 is 2.50 bits per heavy atom. The number of nitrogens with one attached hydrogen (secondary N) is 1. The van der Waals surface area contributed by atoms with E-state index in [1.165, 1.54) is 0 Å². The smallest absolute Gasteiger partial charge is 0.110 e. The lowest BCUT2D eigenvalue weighted by molar-refractivity contribution is -0.175. The third kappa shape index (κ3) is 1.74. The maximum absolute atomic E-state index is 9.28. The number of aliphatic hydroxyl groups excluding tert-OH is 3. The van der Waals surface area contributed by atoms with Crippen molar-refractivity contribution in [2.75, 3.05) is 13.2 Å². The Bertz CT molecular complexity index is 128. The Labute approximate surface area is 69.4 Å². The van der Waals surface area contributed by atoms with E-state index in [-0.39, 0.29) is 13.2 Å². The molecule has 5 N–H and O–H groups in total. The molecule has 12 heavy (non-hydrogen) atoms. The number of hydrogen-bond acceptors (Lipinski definition) is 6. The molecule has 0 amide bonds. The van der Waals surface area contributed by atoms with Crippen molar-refractivity contribution in [3.05, 3.63) is 0 Å². The minimum absolute atomic E-state index is 0.0555. The lowest BCUT2D eigenvalue weighted by Gasteiger charge is -2.35. The number of rotatable bonds is 2. The molecule has 0 radical (unpaired) electrons. The number of ether oxygens (including phenoxy) is 1. The van der Waals surface area contributed by atoms with Crippen LogP contribution in [0.25, 0.3) is 0 Å². The molecule has 0 aliphatic carbocycles. The van der Waals surface area contributed by atoms with Gasteiger partial charge in [0, 0.05) is 0 Å². The highest BCUT2D eigenvalue weighted by atomic mass is 16.5. The fourth-order valence-corrected chi connectivity index (χ4v) is 1.16. The Morgan fingerprint density at radius 2 is 2.00 bits per heavy atom. The van der Waals surface area contributed by atoms with E-state index in [9.17, 15) is 10.2 Å². The van der Waals surface area contributed by atoms with Crippen LogP contribution in [0.5, 0.6) is 0 Å². The van der Waals surface area contributed by atoms with Gasteiger partial charge in [0.05, 0.1) is 19.3 Å². The van der Waals surface area contributed by atoms with Gasteiger partial charge in [-0.15, -0.1) is 0 Å².